The van der Waals surface area contributed by atoms with E-state index in [2.05, 4.69) is 26.1 Å². The van der Waals surface area contributed by atoms with Crippen molar-refractivity contribution >= 4 is 24.0 Å². The van der Waals surface area contributed by atoms with E-state index in [1.165, 1.54) is 0 Å². The summed E-state index contributed by atoms with van der Waals surface area (Å²) in [7, 11) is 0. The highest BCUT2D eigenvalue weighted by molar-refractivity contribution is 5.70. The Balaban J connectivity index is 2.15. The first kappa shape index (κ1) is 32.7. The molecule has 10 heteroatoms. The van der Waals surface area contributed by atoms with Crippen molar-refractivity contribution in [2.24, 2.45) is 10.8 Å². The summed E-state index contributed by atoms with van der Waals surface area (Å²) in [6.07, 6.45) is 4.88. The van der Waals surface area contributed by atoms with Crippen LogP contribution >= 0.6 is 0 Å². The van der Waals surface area contributed by atoms with Gasteiger partial charge in [0.25, 0.3) is 0 Å². The van der Waals surface area contributed by atoms with Gasteiger partial charge in [-0.15, -0.1) is 0 Å². The zero-order valence-electron chi connectivity index (χ0n) is 23.4. The third kappa shape index (κ3) is 15.5. The fraction of sp³-hybridized carbons (Fsp3) is 0.852. The smallest absolute Gasteiger partial charge is 0.407 e. The first-order valence-electron chi connectivity index (χ1n) is 13.5. The maximum absolute atomic E-state index is 12.2. The molecule has 0 bridgehead atoms. The number of ether oxygens (including phenoxy) is 5. The quantitative estimate of drug-likeness (QED) is 0.166. The normalized spacial score (nSPS) is 20.5. The van der Waals surface area contributed by atoms with Gasteiger partial charge in [0.05, 0.1) is 26.4 Å². The lowest BCUT2D eigenvalue weighted by molar-refractivity contribution is -0.148. The van der Waals surface area contributed by atoms with Crippen LogP contribution in [0.3, 0.4) is 0 Å². The molecule has 0 aromatic carbocycles. The molecule has 1 aliphatic carbocycles. The number of hydrogen-bond donors (Lipinski definition) is 1. The highest BCUT2D eigenvalue weighted by Gasteiger charge is 2.41. The molecule has 1 saturated carbocycles. The molecule has 1 amide bonds. The largest absolute Gasteiger partial charge is 0.466 e. The first-order chi connectivity index (χ1) is 17.5. The monoisotopic (exact) mass is 529 g/mol. The van der Waals surface area contributed by atoms with E-state index in [9.17, 15) is 19.2 Å². The number of amides is 1. The number of hydrogen-bond acceptors (Lipinski definition) is 9. The molecule has 37 heavy (non-hydrogen) atoms. The highest BCUT2D eigenvalue weighted by Crippen LogP contribution is 2.48. The summed E-state index contributed by atoms with van der Waals surface area (Å²) >= 11 is 0. The van der Waals surface area contributed by atoms with Gasteiger partial charge < -0.3 is 29.0 Å². The Morgan fingerprint density at radius 1 is 0.730 bits per heavy atom. The van der Waals surface area contributed by atoms with E-state index >= 15 is 0 Å². The lowest BCUT2D eigenvalue weighted by Gasteiger charge is -2.46. The third-order valence-electron chi connectivity index (χ3n) is 6.27. The van der Waals surface area contributed by atoms with E-state index in [1.807, 2.05) is 0 Å². The Hall–Kier alpha value is -2.36. The second-order valence-electron chi connectivity index (χ2n) is 10.7. The summed E-state index contributed by atoms with van der Waals surface area (Å²) in [5.41, 5.74) is -0.0505. The molecule has 2 atom stereocenters. The average Bonchev–Trinajstić information content (AvgIpc) is 2.79. The number of rotatable bonds is 17. The standard InChI is InChI=1S/C27H47NO9/c1-6-34-22(29)10-8-9-11-23(30)36-16-14-33-15-17-37-24(31)12-13-27(5)19-21(18-26(3,4)20-27)28-25(32)35-7-2/h21H,6-20H2,1-5H3,(H,28,32). The molecule has 0 aromatic rings. The van der Waals surface area contributed by atoms with Gasteiger partial charge in [-0.05, 0) is 63.2 Å². The van der Waals surface area contributed by atoms with Gasteiger partial charge in [0.15, 0.2) is 0 Å². The van der Waals surface area contributed by atoms with Crippen molar-refractivity contribution < 1.29 is 42.9 Å². The van der Waals surface area contributed by atoms with Crippen LogP contribution in [0.15, 0.2) is 0 Å². The molecule has 1 fully saturated rings. The Morgan fingerprint density at radius 2 is 1.27 bits per heavy atom. The maximum Gasteiger partial charge on any atom is 0.407 e. The predicted octanol–water partition coefficient (Wildman–Crippen LogP) is 4.32. The van der Waals surface area contributed by atoms with E-state index in [1.54, 1.807) is 13.8 Å². The molecule has 1 aliphatic rings. The number of carbonyl (C=O) groups excluding carboxylic acids is 4. The van der Waals surface area contributed by atoms with Crippen LogP contribution < -0.4 is 5.32 Å². The minimum Gasteiger partial charge on any atom is -0.466 e. The van der Waals surface area contributed by atoms with Crippen molar-refractivity contribution in [3.63, 3.8) is 0 Å². The van der Waals surface area contributed by atoms with E-state index in [0.29, 0.717) is 45.3 Å². The van der Waals surface area contributed by atoms with E-state index in [4.69, 9.17) is 23.7 Å². The highest BCUT2D eigenvalue weighted by atomic mass is 16.6. The van der Waals surface area contributed by atoms with Crippen LogP contribution in [0.1, 0.15) is 92.4 Å². The minimum absolute atomic E-state index is 0.0101. The SMILES string of the molecule is CCOC(=O)CCCCC(=O)OCCOCCOC(=O)CCC1(C)CC(NC(=O)OCC)CC(C)(C)C1. The maximum atomic E-state index is 12.2. The van der Waals surface area contributed by atoms with E-state index < -0.39 is 6.09 Å². The predicted molar refractivity (Wildman–Crippen MR) is 137 cm³/mol. The average molecular weight is 530 g/mol. The lowest BCUT2D eigenvalue weighted by atomic mass is 9.61. The summed E-state index contributed by atoms with van der Waals surface area (Å²) < 4.78 is 25.6. The molecule has 2 unspecified atom stereocenters. The second-order valence-corrected chi connectivity index (χ2v) is 10.7. The number of nitrogens with one attached hydrogen (secondary N) is 1. The van der Waals surface area contributed by atoms with Crippen LogP contribution in [0.25, 0.3) is 0 Å². The fourth-order valence-electron chi connectivity index (χ4n) is 5.12. The molecule has 0 saturated heterocycles. The Bertz CT molecular complexity index is 725. The van der Waals surface area contributed by atoms with Crippen molar-refractivity contribution in [3.8, 4) is 0 Å². The van der Waals surface area contributed by atoms with Gasteiger partial charge in [-0.25, -0.2) is 4.79 Å². The second kappa shape index (κ2) is 17.2. The summed E-state index contributed by atoms with van der Waals surface area (Å²) in [5, 5.41) is 2.96. The van der Waals surface area contributed by atoms with Gasteiger partial charge in [-0.3, -0.25) is 14.4 Å². The van der Waals surface area contributed by atoms with Crippen molar-refractivity contribution in [3.05, 3.63) is 0 Å². The van der Waals surface area contributed by atoms with Crippen LogP contribution in [0.5, 0.6) is 0 Å². The topological polar surface area (TPSA) is 126 Å². The van der Waals surface area contributed by atoms with Gasteiger partial charge in [0.1, 0.15) is 13.2 Å². The minimum atomic E-state index is -0.396. The van der Waals surface area contributed by atoms with Gasteiger partial charge in [-0.2, -0.15) is 0 Å². The van der Waals surface area contributed by atoms with Crippen molar-refractivity contribution in [2.45, 2.75) is 98.4 Å². The number of carbonyl (C=O) groups is 4. The molecule has 10 nitrogen and oxygen atoms in total. The third-order valence-corrected chi connectivity index (χ3v) is 6.27. The van der Waals surface area contributed by atoms with Gasteiger partial charge in [0, 0.05) is 25.3 Å². The van der Waals surface area contributed by atoms with Crippen LogP contribution in [0.2, 0.25) is 0 Å². The summed E-state index contributed by atoms with van der Waals surface area (Å²) in [5.74, 6) is -0.871. The van der Waals surface area contributed by atoms with E-state index in [-0.39, 0.29) is 67.6 Å². The lowest BCUT2D eigenvalue weighted by Crippen LogP contribution is -2.47. The Kier molecular flexibility index (Phi) is 15.2. The molecule has 0 aromatic heterocycles. The van der Waals surface area contributed by atoms with Crippen molar-refractivity contribution in [2.75, 3.05) is 39.6 Å². The molecule has 214 valence electrons. The molecule has 1 N–H and O–H groups in total. The Morgan fingerprint density at radius 3 is 1.84 bits per heavy atom. The van der Waals surface area contributed by atoms with Crippen LogP contribution in [-0.4, -0.2) is 69.7 Å². The van der Waals surface area contributed by atoms with Gasteiger partial charge in [0.2, 0.25) is 0 Å². The molecular formula is C27H47NO9. The summed E-state index contributed by atoms with van der Waals surface area (Å²) in [6.45, 7) is 11.4. The van der Waals surface area contributed by atoms with Crippen LogP contribution in [-0.2, 0) is 38.1 Å². The zero-order chi connectivity index (χ0) is 27.7. The molecule has 0 radical (unpaired) electrons. The van der Waals surface area contributed by atoms with Crippen LogP contribution in [0.4, 0.5) is 4.79 Å². The van der Waals surface area contributed by atoms with E-state index in [0.717, 1.165) is 19.3 Å². The van der Waals surface area contributed by atoms with Crippen molar-refractivity contribution in [1.82, 2.24) is 5.32 Å². The molecule has 0 aliphatic heterocycles. The Labute approximate surface area is 221 Å². The molecule has 0 spiro atoms. The van der Waals surface area contributed by atoms with Crippen molar-refractivity contribution in [1.29, 1.82) is 0 Å². The summed E-state index contributed by atoms with van der Waals surface area (Å²) in [6, 6.07) is 0.0101. The molecular weight excluding hydrogens is 482 g/mol. The number of unbranched alkanes of at least 4 members (excludes halogenated alkanes) is 1. The zero-order valence-corrected chi connectivity index (χ0v) is 23.4. The van der Waals surface area contributed by atoms with Gasteiger partial charge in [-0.1, -0.05) is 20.8 Å². The van der Waals surface area contributed by atoms with Crippen LogP contribution in [0, 0.1) is 10.8 Å². The number of alkyl carbamates (subject to hydrolysis) is 1. The first-order valence-corrected chi connectivity index (χ1v) is 13.5. The van der Waals surface area contributed by atoms with Gasteiger partial charge >= 0.3 is 24.0 Å². The number of esters is 3. The molecule has 0 heterocycles. The summed E-state index contributed by atoms with van der Waals surface area (Å²) in [4.78, 5) is 47.0. The molecule has 1 rings (SSSR count). The fourth-order valence-corrected chi connectivity index (χ4v) is 5.12.